The Hall–Kier alpha value is -3.59. The first-order chi connectivity index (χ1) is 12.6. The summed E-state index contributed by atoms with van der Waals surface area (Å²) in [7, 11) is 0. The lowest BCUT2D eigenvalue weighted by atomic mass is 10.2. The van der Waals surface area contributed by atoms with Crippen LogP contribution in [0.1, 0.15) is 0 Å². The average molecular weight is 365 g/mol. The molecule has 0 amide bonds. The molecule has 1 N–H and O–H groups in total. The van der Waals surface area contributed by atoms with Crippen molar-refractivity contribution in [1.82, 2.24) is 9.38 Å². The van der Waals surface area contributed by atoms with Crippen molar-refractivity contribution in [2.75, 3.05) is 0 Å². The lowest BCUT2D eigenvalue weighted by molar-refractivity contribution is -0.384. The van der Waals surface area contributed by atoms with Crippen LogP contribution in [0.4, 0.5) is 17.2 Å². The van der Waals surface area contributed by atoms with E-state index in [2.05, 4.69) is 15.2 Å². The van der Waals surface area contributed by atoms with Crippen LogP contribution in [-0.4, -0.2) is 19.4 Å². The van der Waals surface area contributed by atoms with Gasteiger partial charge in [-0.25, -0.2) is 0 Å². The van der Waals surface area contributed by atoms with Crippen molar-refractivity contribution in [3.05, 3.63) is 70.1 Å². The van der Waals surface area contributed by atoms with E-state index in [4.69, 9.17) is 0 Å². The van der Waals surface area contributed by atoms with E-state index in [1.807, 2.05) is 35.7 Å². The number of rotatable bonds is 4. The Balaban J connectivity index is 1.68. The Morgan fingerprint density at radius 3 is 2.50 bits per heavy atom. The Bertz CT molecular complexity index is 1120. The minimum absolute atomic E-state index is 0.0261. The van der Waals surface area contributed by atoms with Crippen molar-refractivity contribution in [2.24, 2.45) is 10.2 Å². The first-order valence-electron chi connectivity index (χ1n) is 7.54. The summed E-state index contributed by atoms with van der Waals surface area (Å²) in [4.78, 5) is 15.1. The number of fused-ring (bicyclic) bond motifs is 1. The number of thiazole rings is 1. The normalized spacial score (nSPS) is 11.4. The van der Waals surface area contributed by atoms with E-state index in [1.54, 1.807) is 4.40 Å². The van der Waals surface area contributed by atoms with Gasteiger partial charge < -0.3 is 5.11 Å². The molecule has 0 bridgehead atoms. The Morgan fingerprint density at radius 1 is 1.08 bits per heavy atom. The molecule has 0 aliphatic rings. The second-order valence-corrected chi connectivity index (χ2v) is 6.17. The standard InChI is InChI=1S/C17H11N5O3S/c23-16-15(20-19-12-6-8-13(9-7-12)22(24)25)18-17-21(16)14(10-26-17)11-4-2-1-3-5-11/h1-10,23H. The number of aromatic nitrogens is 2. The minimum atomic E-state index is -0.485. The number of nitro benzene ring substituents is 1. The molecule has 0 fully saturated rings. The summed E-state index contributed by atoms with van der Waals surface area (Å²) < 4.78 is 1.62. The van der Waals surface area contributed by atoms with Crippen LogP contribution in [-0.2, 0) is 0 Å². The predicted octanol–water partition coefficient (Wildman–Crippen LogP) is 5.09. The number of aromatic hydroxyl groups is 1. The van der Waals surface area contributed by atoms with Crippen molar-refractivity contribution >= 4 is 33.5 Å². The molecule has 2 heterocycles. The zero-order valence-electron chi connectivity index (χ0n) is 13.2. The number of nitrogens with zero attached hydrogens (tertiary/aromatic N) is 5. The van der Waals surface area contributed by atoms with Gasteiger partial charge in [0.25, 0.3) is 5.69 Å². The van der Waals surface area contributed by atoms with Crippen LogP contribution >= 0.6 is 11.3 Å². The first kappa shape index (κ1) is 15.9. The monoisotopic (exact) mass is 365 g/mol. The van der Waals surface area contributed by atoms with Gasteiger partial charge in [0.05, 0.1) is 16.3 Å². The molecule has 0 atom stereocenters. The fourth-order valence-corrected chi connectivity index (χ4v) is 3.35. The van der Waals surface area contributed by atoms with Gasteiger partial charge in [-0.05, 0) is 17.7 Å². The first-order valence-corrected chi connectivity index (χ1v) is 8.42. The molecule has 26 heavy (non-hydrogen) atoms. The summed E-state index contributed by atoms with van der Waals surface area (Å²) in [6.07, 6.45) is 0. The average Bonchev–Trinajstić information content (AvgIpc) is 3.21. The highest BCUT2D eigenvalue weighted by Crippen LogP contribution is 2.36. The summed E-state index contributed by atoms with van der Waals surface area (Å²) in [5.41, 5.74) is 2.16. The molecule has 4 rings (SSSR count). The fraction of sp³-hybridized carbons (Fsp3) is 0. The van der Waals surface area contributed by atoms with Crippen LogP contribution in [0.25, 0.3) is 16.2 Å². The highest BCUT2D eigenvalue weighted by molar-refractivity contribution is 7.15. The summed E-state index contributed by atoms with van der Waals surface area (Å²) in [6.45, 7) is 0. The molecule has 0 saturated heterocycles. The van der Waals surface area contributed by atoms with Crippen molar-refractivity contribution in [1.29, 1.82) is 0 Å². The van der Waals surface area contributed by atoms with Gasteiger partial charge >= 0.3 is 0 Å². The largest absolute Gasteiger partial charge is 0.491 e. The van der Waals surface area contributed by atoms with Crippen LogP contribution < -0.4 is 0 Å². The van der Waals surface area contributed by atoms with Gasteiger partial charge in [0.1, 0.15) is 0 Å². The van der Waals surface area contributed by atoms with Crippen molar-refractivity contribution in [2.45, 2.75) is 0 Å². The fourth-order valence-electron chi connectivity index (χ4n) is 2.46. The van der Waals surface area contributed by atoms with Gasteiger partial charge in [0.15, 0.2) is 4.96 Å². The van der Waals surface area contributed by atoms with Gasteiger partial charge in [-0.15, -0.1) is 21.6 Å². The van der Waals surface area contributed by atoms with E-state index in [0.717, 1.165) is 11.3 Å². The quantitative estimate of drug-likeness (QED) is 0.309. The molecule has 2 aromatic heterocycles. The Labute approximate surface area is 150 Å². The third kappa shape index (κ3) is 2.80. The molecule has 0 unspecified atom stereocenters. The van der Waals surface area contributed by atoms with Crippen LogP contribution in [0, 0.1) is 10.1 Å². The number of hydrogen-bond donors (Lipinski definition) is 1. The molecule has 128 valence electrons. The van der Waals surface area contributed by atoms with Gasteiger partial charge in [0.2, 0.25) is 11.7 Å². The maximum absolute atomic E-state index is 10.7. The van der Waals surface area contributed by atoms with E-state index in [0.29, 0.717) is 10.6 Å². The van der Waals surface area contributed by atoms with Gasteiger partial charge in [-0.1, -0.05) is 30.3 Å². The maximum atomic E-state index is 10.7. The summed E-state index contributed by atoms with van der Waals surface area (Å²) in [5, 5.41) is 31.0. The molecular formula is C17H11N5O3S. The molecular weight excluding hydrogens is 354 g/mol. The Morgan fingerprint density at radius 2 is 1.81 bits per heavy atom. The number of imidazole rings is 1. The summed E-state index contributed by atoms with van der Waals surface area (Å²) in [5.74, 6) is -0.0156. The van der Waals surface area contributed by atoms with E-state index < -0.39 is 4.92 Å². The molecule has 0 radical (unpaired) electrons. The van der Waals surface area contributed by atoms with Crippen molar-refractivity contribution in [3.8, 4) is 17.1 Å². The van der Waals surface area contributed by atoms with E-state index in [-0.39, 0.29) is 17.4 Å². The van der Waals surface area contributed by atoms with Crippen LogP contribution in [0.3, 0.4) is 0 Å². The molecule has 0 aliphatic carbocycles. The molecule has 0 aliphatic heterocycles. The minimum Gasteiger partial charge on any atom is -0.491 e. The lowest BCUT2D eigenvalue weighted by Gasteiger charge is -2.00. The van der Waals surface area contributed by atoms with Gasteiger partial charge in [-0.2, -0.15) is 4.98 Å². The highest BCUT2D eigenvalue weighted by Gasteiger charge is 2.16. The molecule has 0 spiro atoms. The molecule has 0 saturated carbocycles. The zero-order valence-corrected chi connectivity index (χ0v) is 14.0. The number of nitro groups is 1. The van der Waals surface area contributed by atoms with E-state index in [9.17, 15) is 15.2 Å². The Kier molecular flexibility index (Phi) is 3.90. The second-order valence-electron chi connectivity index (χ2n) is 5.34. The third-order valence-electron chi connectivity index (χ3n) is 3.71. The van der Waals surface area contributed by atoms with Crippen LogP contribution in [0.5, 0.6) is 5.88 Å². The second kappa shape index (κ2) is 6.37. The van der Waals surface area contributed by atoms with E-state index in [1.165, 1.54) is 35.6 Å². The molecule has 2 aromatic carbocycles. The molecule has 4 aromatic rings. The lowest BCUT2D eigenvalue weighted by Crippen LogP contribution is -1.85. The molecule has 8 nitrogen and oxygen atoms in total. The maximum Gasteiger partial charge on any atom is 0.269 e. The number of hydrogen-bond acceptors (Lipinski definition) is 7. The smallest absolute Gasteiger partial charge is 0.269 e. The van der Waals surface area contributed by atoms with Crippen LogP contribution in [0.15, 0.2) is 70.2 Å². The third-order valence-corrected chi connectivity index (χ3v) is 4.54. The zero-order chi connectivity index (χ0) is 18.1. The summed E-state index contributed by atoms with van der Waals surface area (Å²) in [6, 6.07) is 15.3. The van der Waals surface area contributed by atoms with Gasteiger partial charge in [-0.3, -0.25) is 14.5 Å². The molecule has 9 heteroatoms. The topological polar surface area (TPSA) is 105 Å². The number of benzene rings is 2. The number of azo groups is 1. The van der Waals surface area contributed by atoms with E-state index >= 15 is 0 Å². The van der Waals surface area contributed by atoms with Gasteiger partial charge in [0, 0.05) is 17.5 Å². The van der Waals surface area contributed by atoms with Crippen molar-refractivity contribution in [3.63, 3.8) is 0 Å². The highest BCUT2D eigenvalue weighted by atomic mass is 32.1. The number of non-ortho nitro benzene ring substituents is 1. The van der Waals surface area contributed by atoms with Crippen LogP contribution in [0.2, 0.25) is 0 Å². The summed E-state index contributed by atoms with van der Waals surface area (Å²) >= 11 is 1.39. The SMILES string of the molecule is O=[N+]([O-])c1ccc(N=Nc2nc3scc(-c4ccccc4)n3c2O)cc1. The predicted molar refractivity (Wildman–Crippen MR) is 97.4 cm³/mol. The van der Waals surface area contributed by atoms with Crippen molar-refractivity contribution < 1.29 is 10.0 Å².